The molecule has 0 aromatic heterocycles. The summed E-state index contributed by atoms with van der Waals surface area (Å²) >= 11 is 0. The molecule has 0 heterocycles. The molecule has 1 aromatic carbocycles. The molecule has 1 atom stereocenters. The lowest BCUT2D eigenvalue weighted by molar-refractivity contribution is -0.147. The van der Waals surface area contributed by atoms with Crippen LogP contribution < -0.4 is 0 Å². The highest BCUT2D eigenvalue weighted by atomic mass is 31.2. The molecule has 8 nitrogen and oxygen atoms in total. The van der Waals surface area contributed by atoms with Gasteiger partial charge in [-0.15, -0.1) is 0 Å². The van der Waals surface area contributed by atoms with Crippen molar-refractivity contribution >= 4 is 19.7 Å². The van der Waals surface area contributed by atoms with Crippen LogP contribution in [-0.4, -0.2) is 46.2 Å². The zero-order chi connectivity index (χ0) is 17.0. The summed E-state index contributed by atoms with van der Waals surface area (Å²) in [5.74, 6) is -1.39. The SMILES string of the molecule is CN(C)[C@](C)(C(=O)OC(=O)OCc1ccccc1)P(=O)(O)O. The standard InChI is InChI=1S/C13H18NO7P/c1-13(14(2)3,22(17,18)19)11(15)21-12(16)20-9-10-7-5-4-6-8-10/h4-8H,9H2,1-3H3,(H2,17,18,19)/t13-/m0/s1. The first-order valence-electron chi connectivity index (χ1n) is 6.25. The van der Waals surface area contributed by atoms with Gasteiger partial charge in [-0.2, -0.15) is 0 Å². The van der Waals surface area contributed by atoms with E-state index in [1.54, 1.807) is 30.3 Å². The number of hydrogen-bond acceptors (Lipinski definition) is 6. The quantitative estimate of drug-likeness (QED) is 0.472. The fraction of sp³-hybridized carbons (Fsp3) is 0.385. The second kappa shape index (κ2) is 7.02. The maximum atomic E-state index is 11.9. The monoisotopic (exact) mass is 331 g/mol. The lowest BCUT2D eigenvalue weighted by atomic mass is 10.2. The molecule has 0 aliphatic rings. The van der Waals surface area contributed by atoms with E-state index in [4.69, 9.17) is 4.74 Å². The van der Waals surface area contributed by atoms with E-state index in [0.717, 1.165) is 11.8 Å². The number of likely N-dealkylation sites (N-methyl/N-ethyl adjacent to an activating group) is 1. The molecule has 0 fully saturated rings. The van der Waals surface area contributed by atoms with Gasteiger partial charge >= 0.3 is 19.7 Å². The molecule has 122 valence electrons. The number of hydrogen-bond donors (Lipinski definition) is 2. The predicted molar refractivity (Wildman–Crippen MR) is 76.9 cm³/mol. The summed E-state index contributed by atoms with van der Waals surface area (Å²) in [4.78, 5) is 43.0. The molecular weight excluding hydrogens is 313 g/mol. The number of nitrogens with zero attached hydrogens (tertiary/aromatic N) is 1. The summed E-state index contributed by atoms with van der Waals surface area (Å²) in [5, 5.41) is -2.28. The Balaban J connectivity index is 2.70. The second-order valence-electron chi connectivity index (χ2n) is 4.87. The first kappa shape index (κ1) is 18.3. The Bertz CT molecular complexity index is 583. The van der Waals surface area contributed by atoms with Gasteiger partial charge in [0.2, 0.25) is 5.28 Å². The van der Waals surface area contributed by atoms with Crippen molar-refractivity contribution in [2.24, 2.45) is 0 Å². The highest BCUT2D eigenvalue weighted by Crippen LogP contribution is 2.52. The van der Waals surface area contributed by atoms with Crippen molar-refractivity contribution in [3.63, 3.8) is 0 Å². The molecule has 0 spiro atoms. The van der Waals surface area contributed by atoms with Crippen LogP contribution in [0.3, 0.4) is 0 Å². The van der Waals surface area contributed by atoms with Gasteiger partial charge in [-0.25, -0.2) is 9.59 Å². The largest absolute Gasteiger partial charge is 0.516 e. The average molecular weight is 331 g/mol. The molecule has 1 aromatic rings. The predicted octanol–water partition coefficient (Wildman–Crippen LogP) is 1.32. The normalized spacial score (nSPS) is 14.3. The van der Waals surface area contributed by atoms with E-state index in [9.17, 15) is 23.9 Å². The van der Waals surface area contributed by atoms with Gasteiger partial charge in [0.15, 0.2) is 0 Å². The molecule has 22 heavy (non-hydrogen) atoms. The minimum Gasteiger partial charge on any atom is -0.429 e. The molecule has 0 saturated carbocycles. The van der Waals surface area contributed by atoms with Gasteiger partial charge < -0.3 is 19.3 Å². The van der Waals surface area contributed by atoms with Crippen LogP contribution in [-0.2, 0) is 25.4 Å². The Kier molecular flexibility index (Phi) is 5.85. The molecular formula is C13H18NO7P. The van der Waals surface area contributed by atoms with Gasteiger partial charge in [0.1, 0.15) is 6.61 Å². The topological polar surface area (TPSA) is 113 Å². The Morgan fingerprint density at radius 2 is 1.77 bits per heavy atom. The fourth-order valence-electron chi connectivity index (χ4n) is 1.48. The molecule has 0 radical (unpaired) electrons. The molecule has 0 saturated heterocycles. The molecule has 0 bridgehead atoms. The summed E-state index contributed by atoms with van der Waals surface area (Å²) in [7, 11) is -2.31. The third-order valence-corrected chi connectivity index (χ3v) is 4.92. The van der Waals surface area contributed by atoms with E-state index in [1.807, 2.05) is 0 Å². The van der Waals surface area contributed by atoms with Crippen molar-refractivity contribution in [3.05, 3.63) is 35.9 Å². The summed E-state index contributed by atoms with van der Waals surface area (Å²) in [6.45, 7) is 0.863. The van der Waals surface area contributed by atoms with Gasteiger partial charge in [0.25, 0.3) is 0 Å². The Labute approximate surface area is 127 Å². The number of rotatable bonds is 5. The van der Waals surface area contributed by atoms with Crippen LogP contribution in [0.25, 0.3) is 0 Å². The minimum absolute atomic E-state index is 0.123. The number of carbonyl (C=O) groups excluding carboxylic acids is 2. The summed E-state index contributed by atoms with van der Waals surface area (Å²) in [5.41, 5.74) is 0.678. The summed E-state index contributed by atoms with van der Waals surface area (Å²) in [6, 6.07) is 8.68. The van der Waals surface area contributed by atoms with E-state index in [2.05, 4.69) is 4.74 Å². The Morgan fingerprint density at radius 1 is 1.23 bits per heavy atom. The maximum Gasteiger partial charge on any atom is 0.516 e. The smallest absolute Gasteiger partial charge is 0.429 e. The van der Waals surface area contributed by atoms with E-state index < -0.39 is 25.0 Å². The number of esters is 1. The Hall–Kier alpha value is -1.73. The lowest BCUT2D eigenvalue weighted by Crippen LogP contribution is -2.49. The molecule has 1 rings (SSSR count). The van der Waals surface area contributed by atoms with Gasteiger partial charge in [-0.1, -0.05) is 30.3 Å². The van der Waals surface area contributed by atoms with Crippen LogP contribution in [0.5, 0.6) is 0 Å². The fourth-order valence-corrected chi connectivity index (χ4v) is 2.28. The summed E-state index contributed by atoms with van der Waals surface area (Å²) < 4.78 is 20.6. The van der Waals surface area contributed by atoms with E-state index in [1.165, 1.54) is 14.1 Å². The van der Waals surface area contributed by atoms with Crippen LogP contribution in [0, 0.1) is 0 Å². The van der Waals surface area contributed by atoms with Crippen LogP contribution in [0.4, 0.5) is 4.79 Å². The molecule has 2 N–H and O–H groups in total. The number of ether oxygens (including phenoxy) is 2. The zero-order valence-electron chi connectivity index (χ0n) is 12.4. The second-order valence-corrected chi connectivity index (χ2v) is 6.83. The van der Waals surface area contributed by atoms with E-state index >= 15 is 0 Å². The number of benzene rings is 1. The molecule has 0 amide bonds. The highest BCUT2D eigenvalue weighted by Gasteiger charge is 2.53. The minimum atomic E-state index is -4.89. The van der Waals surface area contributed by atoms with Crippen molar-refractivity contribution in [2.45, 2.75) is 18.8 Å². The van der Waals surface area contributed by atoms with Crippen molar-refractivity contribution in [3.8, 4) is 0 Å². The first-order chi connectivity index (χ1) is 10.1. The van der Waals surface area contributed by atoms with Crippen LogP contribution in [0.2, 0.25) is 0 Å². The Morgan fingerprint density at radius 3 is 2.23 bits per heavy atom. The molecule has 0 aliphatic heterocycles. The third kappa shape index (κ3) is 4.14. The highest BCUT2D eigenvalue weighted by molar-refractivity contribution is 7.54. The van der Waals surface area contributed by atoms with Gasteiger partial charge in [-0.3, -0.25) is 9.46 Å². The third-order valence-electron chi connectivity index (χ3n) is 3.20. The van der Waals surface area contributed by atoms with Gasteiger partial charge in [0.05, 0.1) is 0 Å². The van der Waals surface area contributed by atoms with Crippen LogP contribution >= 0.6 is 7.60 Å². The van der Waals surface area contributed by atoms with E-state index in [-0.39, 0.29) is 6.61 Å². The molecule has 0 unspecified atom stereocenters. The molecule has 0 aliphatic carbocycles. The van der Waals surface area contributed by atoms with Gasteiger partial charge in [-0.05, 0) is 26.6 Å². The van der Waals surface area contributed by atoms with Crippen molar-refractivity contribution in [1.82, 2.24) is 4.90 Å². The average Bonchev–Trinajstić information content (AvgIpc) is 2.43. The van der Waals surface area contributed by atoms with Crippen LogP contribution in [0.1, 0.15) is 12.5 Å². The molecule has 9 heteroatoms. The van der Waals surface area contributed by atoms with Crippen molar-refractivity contribution in [1.29, 1.82) is 0 Å². The van der Waals surface area contributed by atoms with Gasteiger partial charge in [0, 0.05) is 0 Å². The van der Waals surface area contributed by atoms with Crippen LogP contribution in [0.15, 0.2) is 30.3 Å². The summed E-state index contributed by atoms with van der Waals surface area (Å²) in [6.07, 6.45) is -1.32. The lowest BCUT2D eigenvalue weighted by Gasteiger charge is -2.33. The van der Waals surface area contributed by atoms with Crippen molar-refractivity contribution in [2.75, 3.05) is 14.1 Å². The number of carbonyl (C=O) groups is 2. The maximum absolute atomic E-state index is 11.9. The van der Waals surface area contributed by atoms with E-state index in [0.29, 0.717) is 5.56 Å². The van der Waals surface area contributed by atoms with Crippen molar-refractivity contribution < 1.29 is 33.4 Å². The first-order valence-corrected chi connectivity index (χ1v) is 7.86. The zero-order valence-corrected chi connectivity index (χ0v) is 13.3.